The van der Waals surface area contributed by atoms with Crippen LogP contribution in [0.25, 0.3) is 0 Å². The van der Waals surface area contributed by atoms with E-state index >= 15 is 0 Å². The minimum Gasteiger partial charge on any atom is -0.390 e. The number of fused-ring (bicyclic) bond motifs is 1. The van der Waals surface area contributed by atoms with Gasteiger partial charge >= 0.3 is 0 Å². The fourth-order valence-electron chi connectivity index (χ4n) is 4.84. The quantitative estimate of drug-likeness (QED) is 0.740. The van der Waals surface area contributed by atoms with Crippen molar-refractivity contribution in [2.75, 3.05) is 0 Å². The summed E-state index contributed by atoms with van der Waals surface area (Å²) < 4.78 is 0. The van der Waals surface area contributed by atoms with Crippen LogP contribution >= 0.6 is 0 Å². The van der Waals surface area contributed by atoms with Gasteiger partial charge in [0.2, 0.25) is 0 Å². The van der Waals surface area contributed by atoms with Crippen LogP contribution in [0.5, 0.6) is 0 Å². The zero-order valence-corrected chi connectivity index (χ0v) is 12.0. The fourth-order valence-corrected chi connectivity index (χ4v) is 4.84. The first-order valence-corrected chi connectivity index (χ1v) is 7.10. The first-order chi connectivity index (χ1) is 7.70. The van der Waals surface area contributed by atoms with Crippen LogP contribution in [0.2, 0.25) is 0 Å². The summed E-state index contributed by atoms with van der Waals surface area (Å²) in [6.07, 6.45) is 3.74. The van der Waals surface area contributed by atoms with Crippen molar-refractivity contribution in [1.82, 2.24) is 0 Å². The zero-order valence-electron chi connectivity index (χ0n) is 12.0. The van der Waals surface area contributed by atoms with E-state index < -0.39 is 11.7 Å². The van der Waals surface area contributed by atoms with Gasteiger partial charge in [0.15, 0.2) is 0 Å². The topological polar surface area (TPSA) is 40.5 Å². The minimum absolute atomic E-state index is 0.203. The second kappa shape index (κ2) is 3.71. The fraction of sp³-hybridized carbons (Fsp3) is 1.00. The van der Waals surface area contributed by atoms with Gasteiger partial charge in [0.05, 0.1) is 11.7 Å². The maximum atomic E-state index is 10.7. The van der Waals surface area contributed by atoms with Crippen molar-refractivity contribution in [3.05, 3.63) is 0 Å². The van der Waals surface area contributed by atoms with E-state index in [1.807, 2.05) is 6.92 Å². The second-order valence-corrected chi connectivity index (χ2v) is 7.21. The summed E-state index contributed by atoms with van der Waals surface area (Å²) in [6.45, 7) is 10.7. The van der Waals surface area contributed by atoms with E-state index in [0.29, 0.717) is 11.8 Å². The van der Waals surface area contributed by atoms with E-state index in [1.54, 1.807) is 0 Å². The van der Waals surface area contributed by atoms with Crippen LogP contribution in [0.4, 0.5) is 0 Å². The molecule has 2 N–H and O–H groups in total. The highest BCUT2D eigenvalue weighted by Gasteiger charge is 2.64. The molecule has 0 aromatic rings. The molecule has 17 heavy (non-hydrogen) atoms. The molecule has 0 bridgehead atoms. The first-order valence-electron chi connectivity index (χ1n) is 7.10. The Morgan fingerprint density at radius 3 is 2.29 bits per heavy atom. The molecule has 0 heterocycles. The smallest absolute Gasteiger partial charge is 0.0931 e. The van der Waals surface area contributed by atoms with E-state index in [9.17, 15) is 10.2 Å². The van der Waals surface area contributed by atoms with Crippen molar-refractivity contribution in [2.45, 2.75) is 72.0 Å². The Labute approximate surface area is 105 Å². The summed E-state index contributed by atoms with van der Waals surface area (Å²) in [5, 5.41) is 21.0. The monoisotopic (exact) mass is 240 g/mol. The van der Waals surface area contributed by atoms with E-state index in [1.165, 1.54) is 12.8 Å². The maximum absolute atomic E-state index is 10.7. The van der Waals surface area contributed by atoms with Crippen LogP contribution in [0.3, 0.4) is 0 Å². The van der Waals surface area contributed by atoms with Gasteiger partial charge in [-0.15, -0.1) is 0 Å². The molecule has 2 rings (SSSR count). The van der Waals surface area contributed by atoms with Crippen molar-refractivity contribution in [1.29, 1.82) is 0 Å². The molecule has 2 heteroatoms. The van der Waals surface area contributed by atoms with Gasteiger partial charge in [-0.2, -0.15) is 0 Å². The average Bonchev–Trinajstić information content (AvgIpc) is 2.56. The summed E-state index contributed by atoms with van der Waals surface area (Å²) in [7, 11) is 0. The molecule has 0 amide bonds. The number of aliphatic hydroxyl groups excluding tert-OH is 1. The molecule has 2 aliphatic carbocycles. The lowest BCUT2D eigenvalue weighted by Crippen LogP contribution is -2.63. The van der Waals surface area contributed by atoms with Gasteiger partial charge in [0.1, 0.15) is 0 Å². The van der Waals surface area contributed by atoms with Gasteiger partial charge < -0.3 is 10.2 Å². The Kier molecular flexibility index (Phi) is 2.91. The number of aliphatic hydroxyl groups is 2. The third-order valence-electron chi connectivity index (χ3n) is 6.62. The van der Waals surface area contributed by atoms with Crippen LogP contribution in [0, 0.1) is 22.7 Å². The normalized spacial score (nSPS) is 53.5. The summed E-state index contributed by atoms with van der Waals surface area (Å²) in [5.74, 6) is 1.20. The Morgan fingerprint density at radius 2 is 1.76 bits per heavy atom. The number of rotatable bonds is 1. The Balaban J connectivity index is 2.47. The van der Waals surface area contributed by atoms with Gasteiger partial charge in [-0.1, -0.05) is 27.7 Å². The third kappa shape index (κ3) is 1.46. The molecule has 2 fully saturated rings. The average molecular weight is 240 g/mol. The Hall–Kier alpha value is -0.0800. The highest BCUT2D eigenvalue weighted by Crippen LogP contribution is 2.65. The van der Waals surface area contributed by atoms with E-state index in [4.69, 9.17) is 0 Å². The molecule has 0 radical (unpaired) electrons. The Bertz CT molecular complexity index is 308. The molecule has 0 aromatic carbocycles. The van der Waals surface area contributed by atoms with E-state index in [0.717, 1.165) is 12.8 Å². The van der Waals surface area contributed by atoms with Gasteiger partial charge in [-0.05, 0) is 55.3 Å². The van der Waals surface area contributed by atoms with Crippen molar-refractivity contribution < 1.29 is 10.2 Å². The standard InChI is InChI=1S/C15H28O2/c1-6-15-9-12(16)14(5,17)13(3,4)11(15)8-7-10(15)2/h10-12,16-17H,6-9H2,1-5H3/t10-,11+,12-,14+,15-/m1/s1. The summed E-state index contributed by atoms with van der Waals surface area (Å²) in [6, 6.07) is 0. The third-order valence-corrected chi connectivity index (χ3v) is 6.62. The lowest BCUT2D eigenvalue weighted by Gasteiger charge is -2.59. The zero-order chi connectivity index (χ0) is 13.1. The van der Waals surface area contributed by atoms with Crippen LogP contribution in [-0.4, -0.2) is 21.9 Å². The number of hydrogen-bond acceptors (Lipinski definition) is 2. The van der Waals surface area contributed by atoms with E-state index in [-0.39, 0.29) is 10.8 Å². The molecule has 0 unspecified atom stereocenters. The van der Waals surface area contributed by atoms with Crippen LogP contribution in [0.15, 0.2) is 0 Å². The van der Waals surface area contributed by atoms with Gasteiger partial charge in [0.25, 0.3) is 0 Å². The van der Waals surface area contributed by atoms with Crippen molar-refractivity contribution in [3.8, 4) is 0 Å². The maximum Gasteiger partial charge on any atom is 0.0931 e. The molecule has 2 aliphatic rings. The number of hydrogen-bond donors (Lipinski definition) is 2. The lowest BCUT2D eigenvalue weighted by molar-refractivity contribution is -0.222. The molecule has 2 saturated carbocycles. The van der Waals surface area contributed by atoms with Gasteiger partial charge in [0, 0.05) is 0 Å². The lowest BCUT2D eigenvalue weighted by atomic mass is 9.48. The predicted octanol–water partition coefficient (Wildman–Crippen LogP) is 2.97. The molecule has 100 valence electrons. The van der Waals surface area contributed by atoms with Crippen molar-refractivity contribution in [3.63, 3.8) is 0 Å². The first kappa shape index (κ1) is 13.4. The summed E-state index contributed by atoms with van der Waals surface area (Å²) in [4.78, 5) is 0. The molecule has 0 spiro atoms. The predicted molar refractivity (Wildman–Crippen MR) is 69.6 cm³/mol. The van der Waals surface area contributed by atoms with E-state index in [2.05, 4.69) is 27.7 Å². The Morgan fingerprint density at radius 1 is 1.18 bits per heavy atom. The SMILES string of the molecule is CC[C@]12C[C@@H](O)[C@](C)(O)C(C)(C)[C@@H]1CC[C@H]2C. The molecular formula is C15H28O2. The molecule has 2 nitrogen and oxygen atoms in total. The van der Waals surface area contributed by atoms with Gasteiger partial charge in [-0.25, -0.2) is 0 Å². The van der Waals surface area contributed by atoms with Crippen LogP contribution < -0.4 is 0 Å². The molecule has 5 atom stereocenters. The largest absolute Gasteiger partial charge is 0.390 e. The molecule has 0 aliphatic heterocycles. The van der Waals surface area contributed by atoms with Crippen molar-refractivity contribution in [2.24, 2.45) is 22.7 Å². The van der Waals surface area contributed by atoms with Crippen LogP contribution in [0.1, 0.15) is 60.3 Å². The minimum atomic E-state index is -0.958. The highest BCUT2D eigenvalue weighted by atomic mass is 16.3. The summed E-state index contributed by atoms with van der Waals surface area (Å²) in [5.41, 5.74) is -0.920. The van der Waals surface area contributed by atoms with Gasteiger partial charge in [-0.3, -0.25) is 0 Å². The second-order valence-electron chi connectivity index (χ2n) is 7.21. The molecule has 0 aromatic heterocycles. The molecular weight excluding hydrogens is 212 g/mol. The summed E-state index contributed by atoms with van der Waals surface area (Å²) >= 11 is 0. The van der Waals surface area contributed by atoms with Crippen molar-refractivity contribution >= 4 is 0 Å². The van der Waals surface area contributed by atoms with Crippen LogP contribution in [-0.2, 0) is 0 Å². The molecule has 0 saturated heterocycles. The highest BCUT2D eigenvalue weighted by molar-refractivity contribution is 5.13.